The first-order valence-corrected chi connectivity index (χ1v) is 5.86. The molecule has 0 radical (unpaired) electrons. The molecule has 0 aliphatic rings. The molecule has 18 heavy (non-hydrogen) atoms. The van der Waals surface area contributed by atoms with Crippen molar-refractivity contribution in [2.24, 2.45) is 0 Å². The van der Waals surface area contributed by atoms with Crippen molar-refractivity contribution in [3.63, 3.8) is 0 Å². The first kappa shape index (κ1) is 13.1. The molecule has 0 fully saturated rings. The van der Waals surface area contributed by atoms with E-state index >= 15 is 0 Å². The zero-order valence-electron chi connectivity index (χ0n) is 9.00. The topological polar surface area (TPSA) is 20.2 Å². The van der Waals surface area contributed by atoms with Crippen molar-refractivity contribution in [2.45, 2.75) is 6.10 Å². The molecule has 1 N–H and O–H groups in total. The molecule has 0 aliphatic carbocycles. The molecule has 2 rings (SSSR count). The average Bonchev–Trinajstić information content (AvgIpc) is 2.30. The van der Waals surface area contributed by atoms with Crippen molar-refractivity contribution in [2.75, 3.05) is 0 Å². The summed E-state index contributed by atoms with van der Waals surface area (Å²) in [5, 5.41) is 9.95. The van der Waals surface area contributed by atoms with Gasteiger partial charge in [-0.15, -0.1) is 0 Å². The van der Waals surface area contributed by atoms with Crippen LogP contribution in [0.2, 0.25) is 0 Å². The molecule has 5 heteroatoms. The minimum absolute atomic E-state index is 0.0375. The number of hydrogen-bond acceptors (Lipinski definition) is 1. The lowest BCUT2D eigenvalue weighted by atomic mass is 10.0. The van der Waals surface area contributed by atoms with Crippen molar-refractivity contribution in [3.05, 3.63) is 69.4 Å². The normalized spacial score (nSPS) is 12.5. The molecular formula is C13H8BrF3O. The Bertz CT molecular complexity index is 566. The highest BCUT2D eigenvalue weighted by molar-refractivity contribution is 9.10. The summed E-state index contributed by atoms with van der Waals surface area (Å²) in [5.74, 6) is -2.30. The monoisotopic (exact) mass is 316 g/mol. The zero-order chi connectivity index (χ0) is 13.3. The van der Waals surface area contributed by atoms with Gasteiger partial charge in [-0.1, -0.05) is 12.1 Å². The number of aliphatic hydroxyl groups excluding tert-OH is 1. The van der Waals surface area contributed by atoms with Crippen molar-refractivity contribution in [1.82, 2.24) is 0 Å². The molecule has 0 bridgehead atoms. The van der Waals surface area contributed by atoms with Crippen molar-refractivity contribution in [3.8, 4) is 0 Å². The Morgan fingerprint density at radius 3 is 2.22 bits per heavy atom. The number of rotatable bonds is 2. The molecular weight excluding hydrogens is 309 g/mol. The molecule has 2 aromatic rings. The predicted octanol–water partition coefficient (Wildman–Crippen LogP) is 3.95. The summed E-state index contributed by atoms with van der Waals surface area (Å²) in [6.07, 6.45) is -1.42. The zero-order valence-corrected chi connectivity index (χ0v) is 10.6. The largest absolute Gasteiger partial charge is 0.384 e. The highest BCUT2D eigenvalue weighted by atomic mass is 79.9. The second-order valence-electron chi connectivity index (χ2n) is 3.75. The number of hydrogen-bond donors (Lipinski definition) is 1. The van der Waals surface area contributed by atoms with Crippen molar-refractivity contribution in [1.29, 1.82) is 0 Å². The van der Waals surface area contributed by atoms with Gasteiger partial charge < -0.3 is 5.11 Å². The molecule has 2 aromatic carbocycles. The van der Waals surface area contributed by atoms with Crippen LogP contribution in [0.25, 0.3) is 0 Å². The Labute approximate surface area is 110 Å². The van der Waals surface area contributed by atoms with E-state index in [-0.39, 0.29) is 15.6 Å². The van der Waals surface area contributed by atoms with Gasteiger partial charge in [0.15, 0.2) is 0 Å². The van der Waals surface area contributed by atoms with Crippen LogP contribution in [-0.2, 0) is 0 Å². The standard InChI is InChI=1S/C13H8BrF3O/c14-11-3-1-2-10(12(11)17)13(18)7-4-8(15)6-9(16)5-7/h1-6,13,18H. The van der Waals surface area contributed by atoms with Crippen molar-refractivity contribution >= 4 is 15.9 Å². The van der Waals surface area contributed by atoms with Crippen molar-refractivity contribution < 1.29 is 18.3 Å². The van der Waals surface area contributed by atoms with E-state index in [4.69, 9.17) is 0 Å². The third-order valence-electron chi connectivity index (χ3n) is 2.48. The van der Waals surface area contributed by atoms with Gasteiger partial charge in [0.05, 0.1) is 4.47 Å². The second kappa shape index (κ2) is 5.12. The van der Waals surface area contributed by atoms with Gasteiger partial charge >= 0.3 is 0 Å². The fourth-order valence-electron chi connectivity index (χ4n) is 1.64. The quantitative estimate of drug-likeness (QED) is 0.889. The maximum atomic E-state index is 13.7. The van der Waals surface area contributed by atoms with Gasteiger partial charge in [0, 0.05) is 11.6 Å². The predicted molar refractivity (Wildman–Crippen MR) is 64.5 cm³/mol. The Kier molecular flexibility index (Phi) is 3.73. The van der Waals surface area contributed by atoms with Crippen LogP contribution in [0.5, 0.6) is 0 Å². The third kappa shape index (κ3) is 2.57. The van der Waals surface area contributed by atoms with Gasteiger partial charge in [0.25, 0.3) is 0 Å². The number of halogens is 4. The van der Waals surface area contributed by atoms with Crippen LogP contribution < -0.4 is 0 Å². The molecule has 1 unspecified atom stereocenters. The lowest BCUT2D eigenvalue weighted by molar-refractivity contribution is 0.213. The van der Waals surface area contributed by atoms with Gasteiger partial charge in [-0.2, -0.15) is 0 Å². The summed E-state index contributed by atoms with van der Waals surface area (Å²) in [6, 6.07) is 6.97. The first-order valence-electron chi connectivity index (χ1n) is 5.07. The van der Waals surface area contributed by atoms with Gasteiger partial charge in [-0.05, 0) is 39.7 Å². The van der Waals surface area contributed by atoms with Gasteiger partial charge in [0.2, 0.25) is 0 Å². The molecule has 94 valence electrons. The molecule has 1 nitrogen and oxygen atoms in total. The number of aliphatic hydroxyl groups is 1. The van der Waals surface area contributed by atoms with Crippen LogP contribution in [0.1, 0.15) is 17.2 Å². The van der Waals surface area contributed by atoms with E-state index in [1.165, 1.54) is 18.2 Å². The highest BCUT2D eigenvalue weighted by Crippen LogP contribution is 2.28. The van der Waals surface area contributed by atoms with E-state index in [2.05, 4.69) is 15.9 Å². The Morgan fingerprint density at radius 1 is 1.00 bits per heavy atom. The Balaban J connectivity index is 2.47. The SMILES string of the molecule is OC(c1cc(F)cc(F)c1)c1cccc(Br)c1F. The van der Waals surface area contributed by atoms with Crippen LogP contribution in [0.3, 0.4) is 0 Å². The molecule has 0 amide bonds. The van der Waals surface area contributed by atoms with E-state index in [0.717, 1.165) is 12.1 Å². The maximum Gasteiger partial charge on any atom is 0.143 e. The highest BCUT2D eigenvalue weighted by Gasteiger charge is 2.18. The van der Waals surface area contributed by atoms with E-state index in [1.807, 2.05) is 0 Å². The third-order valence-corrected chi connectivity index (χ3v) is 3.09. The van der Waals surface area contributed by atoms with Crippen LogP contribution in [0.15, 0.2) is 40.9 Å². The molecule has 0 saturated heterocycles. The summed E-state index contributed by atoms with van der Waals surface area (Å²) in [6.45, 7) is 0. The average molecular weight is 317 g/mol. The molecule has 0 heterocycles. The molecule has 0 saturated carbocycles. The Hall–Kier alpha value is -1.33. The molecule has 0 spiro atoms. The smallest absolute Gasteiger partial charge is 0.143 e. The van der Waals surface area contributed by atoms with E-state index in [1.54, 1.807) is 0 Å². The van der Waals surface area contributed by atoms with Gasteiger partial charge in [0.1, 0.15) is 23.6 Å². The van der Waals surface area contributed by atoms with Gasteiger partial charge in [-0.3, -0.25) is 0 Å². The van der Waals surface area contributed by atoms with Crippen LogP contribution in [-0.4, -0.2) is 5.11 Å². The minimum Gasteiger partial charge on any atom is -0.384 e. The first-order chi connectivity index (χ1) is 8.49. The fraction of sp³-hybridized carbons (Fsp3) is 0.0769. The molecule has 0 aromatic heterocycles. The fourth-order valence-corrected chi connectivity index (χ4v) is 2.03. The van der Waals surface area contributed by atoms with E-state index < -0.39 is 23.6 Å². The van der Waals surface area contributed by atoms with Gasteiger partial charge in [-0.25, -0.2) is 13.2 Å². The van der Waals surface area contributed by atoms with Crippen LogP contribution >= 0.6 is 15.9 Å². The summed E-state index contributed by atoms with van der Waals surface area (Å²) < 4.78 is 40.0. The molecule has 1 atom stereocenters. The summed E-state index contributed by atoms with van der Waals surface area (Å²) in [4.78, 5) is 0. The lowest BCUT2D eigenvalue weighted by Crippen LogP contribution is -2.04. The van der Waals surface area contributed by atoms with Crippen LogP contribution in [0.4, 0.5) is 13.2 Å². The van der Waals surface area contributed by atoms with E-state index in [0.29, 0.717) is 6.07 Å². The summed E-state index contributed by atoms with van der Waals surface area (Å²) in [5.41, 5.74) is -0.0844. The number of benzene rings is 2. The maximum absolute atomic E-state index is 13.7. The van der Waals surface area contributed by atoms with E-state index in [9.17, 15) is 18.3 Å². The minimum atomic E-state index is -1.42. The van der Waals surface area contributed by atoms with Crippen LogP contribution in [0, 0.1) is 17.5 Å². The summed E-state index contributed by atoms with van der Waals surface area (Å²) >= 11 is 2.98. The second-order valence-corrected chi connectivity index (χ2v) is 4.60. The lowest BCUT2D eigenvalue weighted by Gasteiger charge is -2.13. The summed E-state index contributed by atoms with van der Waals surface area (Å²) in [7, 11) is 0. The molecule has 0 aliphatic heterocycles. The Morgan fingerprint density at radius 2 is 1.61 bits per heavy atom.